The van der Waals surface area contributed by atoms with Crippen LogP contribution in [0.15, 0.2) is 42.5 Å². The van der Waals surface area contributed by atoms with Gasteiger partial charge in [0.1, 0.15) is 0 Å². The largest absolute Gasteiger partial charge is 0.481 e. The molecule has 0 saturated heterocycles. The first-order chi connectivity index (χ1) is 9.97. The Bertz CT molecular complexity index is 698. The van der Waals surface area contributed by atoms with Crippen molar-refractivity contribution in [2.24, 2.45) is 0 Å². The fourth-order valence-electron chi connectivity index (χ4n) is 1.95. The molecule has 0 aliphatic rings. The molecule has 2 aromatic carbocycles. The topological polar surface area (TPSA) is 66.4 Å². The molecule has 5 heteroatoms. The second-order valence-electron chi connectivity index (χ2n) is 4.67. The van der Waals surface area contributed by atoms with E-state index in [1.807, 2.05) is 6.92 Å². The second-order valence-corrected chi connectivity index (χ2v) is 5.07. The third-order valence-corrected chi connectivity index (χ3v) is 3.29. The van der Waals surface area contributed by atoms with Gasteiger partial charge < -0.3 is 10.4 Å². The predicted octanol–water partition coefficient (Wildman–Crippen LogP) is 3.53. The number of aliphatic carboxylic acids is 1. The molecule has 0 aliphatic heterocycles. The number of amides is 1. The van der Waals surface area contributed by atoms with Crippen molar-refractivity contribution in [2.75, 3.05) is 5.32 Å². The van der Waals surface area contributed by atoms with Gasteiger partial charge in [0.25, 0.3) is 5.91 Å². The fourth-order valence-corrected chi connectivity index (χ4v) is 2.27. The molecule has 4 nitrogen and oxygen atoms in total. The molecule has 0 unspecified atom stereocenters. The van der Waals surface area contributed by atoms with Gasteiger partial charge in [-0.25, -0.2) is 0 Å². The molecule has 0 saturated carbocycles. The summed E-state index contributed by atoms with van der Waals surface area (Å²) in [5.74, 6) is -1.32. The van der Waals surface area contributed by atoms with Crippen molar-refractivity contribution < 1.29 is 14.7 Å². The van der Waals surface area contributed by atoms with E-state index in [-0.39, 0.29) is 12.3 Å². The highest BCUT2D eigenvalue weighted by molar-refractivity contribution is 6.34. The van der Waals surface area contributed by atoms with Crippen LogP contribution in [0, 0.1) is 6.92 Å². The molecular formula is C16H14ClNO3. The number of benzene rings is 2. The van der Waals surface area contributed by atoms with Crippen LogP contribution in [0.3, 0.4) is 0 Å². The van der Waals surface area contributed by atoms with E-state index < -0.39 is 5.97 Å². The lowest BCUT2D eigenvalue weighted by Crippen LogP contribution is -2.15. The summed E-state index contributed by atoms with van der Waals surface area (Å²) in [5, 5.41) is 12.0. The van der Waals surface area contributed by atoms with E-state index in [9.17, 15) is 9.59 Å². The number of carboxylic acids is 1. The lowest BCUT2D eigenvalue weighted by molar-refractivity contribution is -0.136. The molecule has 0 atom stereocenters. The van der Waals surface area contributed by atoms with Gasteiger partial charge in [-0.3, -0.25) is 9.59 Å². The van der Waals surface area contributed by atoms with Gasteiger partial charge in [0.05, 0.1) is 17.0 Å². The van der Waals surface area contributed by atoms with E-state index in [0.29, 0.717) is 21.8 Å². The molecular weight excluding hydrogens is 290 g/mol. The summed E-state index contributed by atoms with van der Waals surface area (Å²) in [6, 6.07) is 11.9. The minimum absolute atomic E-state index is 0.155. The van der Waals surface area contributed by atoms with Gasteiger partial charge in [0.2, 0.25) is 0 Å². The smallest absolute Gasteiger partial charge is 0.307 e. The molecule has 2 aromatic rings. The van der Waals surface area contributed by atoms with Crippen LogP contribution in [0.2, 0.25) is 5.02 Å². The Hall–Kier alpha value is -2.33. The third kappa shape index (κ3) is 3.83. The number of hydrogen-bond acceptors (Lipinski definition) is 2. The van der Waals surface area contributed by atoms with E-state index in [2.05, 4.69) is 5.32 Å². The first-order valence-electron chi connectivity index (χ1n) is 6.34. The molecule has 21 heavy (non-hydrogen) atoms. The lowest BCUT2D eigenvalue weighted by atomic mass is 10.1. The number of nitrogens with one attached hydrogen (secondary N) is 1. The minimum atomic E-state index is -0.954. The number of rotatable bonds is 4. The van der Waals surface area contributed by atoms with Crippen LogP contribution in [-0.2, 0) is 11.2 Å². The Morgan fingerprint density at radius 3 is 2.57 bits per heavy atom. The molecule has 108 valence electrons. The maximum Gasteiger partial charge on any atom is 0.307 e. The highest BCUT2D eigenvalue weighted by atomic mass is 35.5. The summed E-state index contributed by atoms with van der Waals surface area (Å²) in [7, 11) is 0. The van der Waals surface area contributed by atoms with Crippen molar-refractivity contribution >= 4 is 29.2 Å². The van der Waals surface area contributed by atoms with Crippen molar-refractivity contribution in [1.82, 2.24) is 0 Å². The van der Waals surface area contributed by atoms with Gasteiger partial charge in [-0.15, -0.1) is 0 Å². The average molecular weight is 304 g/mol. The van der Waals surface area contributed by atoms with Gasteiger partial charge in [-0.1, -0.05) is 35.9 Å². The van der Waals surface area contributed by atoms with Gasteiger partial charge >= 0.3 is 5.97 Å². The van der Waals surface area contributed by atoms with Crippen LogP contribution < -0.4 is 5.32 Å². The summed E-state index contributed by atoms with van der Waals surface area (Å²) in [6.07, 6.45) is -0.155. The Morgan fingerprint density at radius 2 is 1.90 bits per heavy atom. The quantitative estimate of drug-likeness (QED) is 0.908. The minimum Gasteiger partial charge on any atom is -0.481 e. The summed E-state index contributed by atoms with van der Waals surface area (Å²) in [6.45, 7) is 1.88. The van der Waals surface area contributed by atoms with Crippen molar-refractivity contribution in [3.05, 3.63) is 64.2 Å². The van der Waals surface area contributed by atoms with E-state index >= 15 is 0 Å². The molecule has 2 N–H and O–H groups in total. The van der Waals surface area contributed by atoms with Crippen LogP contribution >= 0.6 is 11.6 Å². The SMILES string of the molecule is Cc1ccc(C(=O)Nc2ccccc2CC(=O)O)c(Cl)c1. The molecule has 0 aliphatic carbocycles. The first kappa shape index (κ1) is 15.1. The molecule has 0 bridgehead atoms. The van der Waals surface area contributed by atoms with Crippen LogP contribution in [-0.4, -0.2) is 17.0 Å². The predicted molar refractivity (Wildman–Crippen MR) is 81.9 cm³/mol. The Kier molecular flexibility index (Phi) is 4.60. The molecule has 0 aromatic heterocycles. The molecule has 1 amide bonds. The van der Waals surface area contributed by atoms with E-state index in [1.165, 1.54) is 0 Å². The fraction of sp³-hybridized carbons (Fsp3) is 0.125. The molecule has 2 rings (SSSR count). The van der Waals surface area contributed by atoms with E-state index in [4.69, 9.17) is 16.7 Å². The monoisotopic (exact) mass is 303 g/mol. The number of carbonyl (C=O) groups is 2. The first-order valence-corrected chi connectivity index (χ1v) is 6.72. The number of carbonyl (C=O) groups excluding carboxylic acids is 1. The van der Waals surface area contributed by atoms with E-state index in [0.717, 1.165) is 5.56 Å². The normalized spacial score (nSPS) is 10.2. The Balaban J connectivity index is 2.25. The summed E-state index contributed by atoms with van der Waals surface area (Å²) in [4.78, 5) is 23.1. The van der Waals surface area contributed by atoms with Gasteiger partial charge in [0, 0.05) is 5.69 Å². The second kappa shape index (κ2) is 6.41. The molecule has 0 heterocycles. The van der Waals surface area contributed by atoms with Crippen LogP contribution in [0.25, 0.3) is 0 Å². The van der Waals surface area contributed by atoms with Crippen LogP contribution in [0.1, 0.15) is 21.5 Å². The zero-order valence-electron chi connectivity index (χ0n) is 11.4. The molecule has 0 spiro atoms. The zero-order chi connectivity index (χ0) is 15.4. The number of halogens is 1. The standard InChI is InChI=1S/C16H14ClNO3/c1-10-6-7-12(13(17)8-10)16(21)18-14-5-3-2-4-11(14)9-15(19)20/h2-8H,9H2,1H3,(H,18,21)(H,19,20). The van der Waals surface area contributed by atoms with E-state index in [1.54, 1.807) is 42.5 Å². The summed E-state index contributed by atoms with van der Waals surface area (Å²) in [5.41, 5.74) is 2.33. The average Bonchev–Trinajstić information content (AvgIpc) is 2.40. The maximum atomic E-state index is 12.2. The highest BCUT2D eigenvalue weighted by Crippen LogP contribution is 2.21. The van der Waals surface area contributed by atoms with Crippen molar-refractivity contribution in [2.45, 2.75) is 13.3 Å². The lowest BCUT2D eigenvalue weighted by Gasteiger charge is -2.11. The van der Waals surface area contributed by atoms with Gasteiger partial charge in [-0.05, 0) is 36.2 Å². The van der Waals surface area contributed by atoms with Gasteiger partial charge in [0.15, 0.2) is 0 Å². The van der Waals surface area contributed by atoms with Crippen molar-refractivity contribution in [3.63, 3.8) is 0 Å². The van der Waals surface area contributed by atoms with Gasteiger partial charge in [-0.2, -0.15) is 0 Å². The third-order valence-electron chi connectivity index (χ3n) is 2.98. The number of anilines is 1. The zero-order valence-corrected chi connectivity index (χ0v) is 12.1. The van der Waals surface area contributed by atoms with Crippen LogP contribution in [0.5, 0.6) is 0 Å². The Morgan fingerprint density at radius 1 is 1.19 bits per heavy atom. The summed E-state index contributed by atoms with van der Waals surface area (Å²) >= 11 is 6.06. The summed E-state index contributed by atoms with van der Waals surface area (Å²) < 4.78 is 0. The highest BCUT2D eigenvalue weighted by Gasteiger charge is 2.13. The Labute approximate surface area is 127 Å². The van der Waals surface area contributed by atoms with Crippen molar-refractivity contribution in [1.29, 1.82) is 0 Å². The van der Waals surface area contributed by atoms with Crippen molar-refractivity contribution in [3.8, 4) is 0 Å². The molecule has 0 radical (unpaired) electrons. The molecule has 0 fully saturated rings. The van der Waals surface area contributed by atoms with Crippen LogP contribution in [0.4, 0.5) is 5.69 Å². The number of aryl methyl sites for hydroxylation is 1. The number of carboxylic acid groups (broad SMARTS) is 1. The number of hydrogen-bond donors (Lipinski definition) is 2. The number of para-hydroxylation sites is 1. The maximum absolute atomic E-state index is 12.2.